The molecule has 164 valence electrons. The Morgan fingerprint density at radius 3 is 2.57 bits per heavy atom. The Bertz CT molecular complexity index is 1020. The number of aliphatic hydroxyl groups excluding tert-OH is 1. The largest absolute Gasteiger partial charge is 0.394 e. The summed E-state index contributed by atoms with van der Waals surface area (Å²) in [6.45, 7) is 3.92. The predicted molar refractivity (Wildman–Crippen MR) is 112 cm³/mol. The summed E-state index contributed by atoms with van der Waals surface area (Å²) in [5.74, 6) is -1.43. The predicted octanol–water partition coefficient (Wildman–Crippen LogP) is 2.51. The molecular weight excluding hydrogens is 436 g/mol. The van der Waals surface area contributed by atoms with Crippen LogP contribution in [0.4, 0.5) is 20.4 Å². The Labute approximate surface area is 178 Å². The van der Waals surface area contributed by atoms with Crippen LogP contribution < -0.4 is 10.0 Å². The van der Waals surface area contributed by atoms with Crippen molar-refractivity contribution in [1.82, 2.24) is 14.3 Å². The molecule has 1 saturated heterocycles. The molecule has 1 fully saturated rings. The van der Waals surface area contributed by atoms with E-state index in [1.807, 2.05) is 0 Å². The molecule has 1 aliphatic rings. The van der Waals surface area contributed by atoms with Gasteiger partial charge in [0.1, 0.15) is 11.6 Å². The Morgan fingerprint density at radius 2 is 1.93 bits per heavy atom. The molecule has 2 heterocycles. The topological polar surface area (TPSA) is 107 Å². The molecule has 0 radical (unpaired) electrons. The van der Waals surface area contributed by atoms with Crippen LogP contribution in [0.5, 0.6) is 0 Å². The standard InChI is InChI=1S/C18H23F2N5O3S2/c1-11-4-5-13(17(20)16(11)19)10-29-18-22-14(21-12(2)9-26)8-15(23-18)24-30(27,28)25-6-3-7-25/h4-5,8,12,26H,3,6-7,9-10H2,1-2H3,(H2,21,22,23,24). The lowest BCUT2D eigenvalue weighted by atomic mass is 10.1. The van der Waals surface area contributed by atoms with Crippen molar-refractivity contribution in [2.45, 2.75) is 37.2 Å². The van der Waals surface area contributed by atoms with Crippen molar-refractivity contribution >= 4 is 33.6 Å². The zero-order valence-corrected chi connectivity index (χ0v) is 18.2. The minimum absolute atomic E-state index is 0.0441. The highest BCUT2D eigenvalue weighted by molar-refractivity contribution is 7.98. The highest BCUT2D eigenvalue weighted by Crippen LogP contribution is 2.27. The van der Waals surface area contributed by atoms with Gasteiger partial charge in [-0.05, 0) is 25.8 Å². The van der Waals surface area contributed by atoms with Crippen LogP contribution in [-0.2, 0) is 16.0 Å². The zero-order valence-electron chi connectivity index (χ0n) is 16.5. The first-order chi connectivity index (χ1) is 14.2. The third kappa shape index (κ3) is 5.36. The fraction of sp³-hybridized carbons (Fsp3) is 0.444. The minimum atomic E-state index is -3.73. The van der Waals surface area contributed by atoms with Crippen LogP contribution in [0.15, 0.2) is 23.4 Å². The van der Waals surface area contributed by atoms with Crippen LogP contribution in [0.2, 0.25) is 0 Å². The van der Waals surface area contributed by atoms with Gasteiger partial charge in [0.25, 0.3) is 0 Å². The maximum atomic E-state index is 14.1. The summed E-state index contributed by atoms with van der Waals surface area (Å²) >= 11 is 1.04. The van der Waals surface area contributed by atoms with Gasteiger partial charge >= 0.3 is 10.2 Å². The molecule has 0 spiro atoms. The van der Waals surface area contributed by atoms with E-state index >= 15 is 0 Å². The van der Waals surface area contributed by atoms with Gasteiger partial charge in [0.2, 0.25) is 0 Å². The van der Waals surface area contributed by atoms with Gasteiger partial charge in [0.15, 0.2) is 16.8 Å². The van der Waals surface area contributed by atoms with Crippen molar-refractivity contribution in [2.75, 3.05) is 29.7 Å². The van der Waals surface area contributed by atoms with E-state index in [0.717, 1.165) is 18.2 Å². The van der Waals surface area contributed by atoms with Crippen LogP contribution in [0.1, 0.15) is 24.5 Å². The average Bonchev–Trinajstić information content (AvgIpc) is 2.63. The van der Waals surface area contributed by atoms with Gasteiger partial charge in [0.05, 0.1) is 6.61 Å². The van der Waals surface area contributed by atoms with Crippen LogP contribution >= 0.6 is 11.8 Å². The van der Waals surface area contributed by atoms with Crippen LogP contribution in [0, 0.1) is 18.6 Å². The van der Waals surface area contributed by atoms with Gasteiger partial charge in [-0.3, -0.25) is 4.72 Å². The molecule has 1 aromatic heterocycles. The molecule has 8 nitrogen and oxygen atoms in total. The van der Waals surface area contributed by atoms with E-state index < -0.39 is 21.8 Å². The Hall–Kier alpha value is -2.02. The highest BCUT2D eigenvalue weighted by atomic mass is 32.2. The fourth-order valence-corrected chi connectivity index (χ4v) is 4.65. The summed E-state index contributed by atoms with van der Waals surface area (Å²) < 4.78 is 56.4. The Balaban J connectivity index is 1.83. The molecule has 3 N–H and O–H groups in total. The number of benzene rings is 1. The molecule has 0 saturated carbocycles. The second-order valence-electron chi connectivity index (χ2n) is 6.97. The molecular formula is C18H23F2N5O3S2. The molecule has 0 aliphatic carbocycles. The SMILES string of the molecule is Cc1ccc(CSc2nc(NC(C)CO)cc(NS(=O)(=O)N3CCC3)n2)c(F)c1F. The number of rotatable bonds is 9. The number of nitrogens with one attached hydrogen (secondary N) is 2. The number of anilines is 2. The molecule has 1 aromatic carbocycles. The van der Waals surface area contributed by atoms with Gasteiger partial charge in [0, 0.05) is 36.5 Å². The smallest absolute Gasteiger partial charge is 0.302 e. The van der Waals surface area contributed by atoms with E-state index in [0.29, 0.717) is 18.9 Å². The number of nitrogens with zero attached hydrogens (tertiary/aromatic N) is 3. The number of halogens is 2. The lowest BCUT2D eigenvalue weighted by Gasteiger charge is -2.29. The van der Waals surface area contributed by atoms with Gasteiger partial charge in [-0.2, -0.15) is 12.7 Å². The van der Waals surface area contributed by atoms with E-state index in [-0.39, 0.29) is 40.5 Å². The molecule has 12 heteroatoms. The van der Waals surface area contributed by atoms with E-state index in [4.69, 9.17) is 0 Å². The van der Waals surface area contributed by atoms with Gasteiger partial charge in [-0.25, -0.2) is 18.7 Å². The van der Waals surface area contributed by atoms with Crippen molar-refractivity contribution in [3.8, 4) is 0 Å². The number of aromatic nitrogens is 2. The zero-order chi connectivity index (χ0) is 21.9. The number of thioether (sulfide) groups is 1. The monoisotopic (exact) mass is 459 g/mol. The summed E-state index contributed by atoms with van der Waals surface area (Å²) in [6, 6.07) is 4.06. The van der Waals surface area contributed by atoms with Crippen molar-refractivity contribution in [1.29, 1.82) is 0 Å². The average molecular weight is 460 g/mol. The van der Waals surface area contributed by atoms with Gasteiger partial charge in [-0.1, -0.05) is 23.9 Å². The van der Waals surface area contributed by atoms with Crippen LogP contribution in [0.3, 0.4) is 0 Å². The molecule has 0 amide bonds. The van der Waals surface area contributed by atoms with Gasteiger partial charge in [-0.15, -0.1) is 0 Å². The number of hydrogen-bond donors (Lipinski definition) is 3. The summed E-state index contributed by atoms with van der Waals surface area (Å²) in [5, 5.41) is 12.4. The maximum absolute atomic E-state index is 14.1. The molecule has 2 aromatic rings. The minimum Gasteiger partial charge on any atom is -0.394 e. The van der Waals surface area contributed by atoms with Crippen molar-refractivity contribution in [2.24, 2.45) is 0 Å². The highest BCUT2D eigenvalue weighted by Gasteiger charge is 2.28. The second kappa shape index (κ2) is 9.41. The van der Waals surface area contributed by atoms with E-state index in [1.54, 1.807) is 6.92 Å². The van der Waals surface area contributed by atoms with Crippen molar-refractivity contribution in [3.63, 3.8) is 0 Å². The van der Waals surface area contributed by atoms with Crippen molar-refractivity contribution < 1.29 is 22.3 Å². The third-order valence-electron chi connectivity index (χ3n) is 4.47. The fourth-order valence-electron chi connectivity index (χ4n) is 2.58. The van der Waals surface area contributed by atoms with Crippen molar-refractivity contribution in [3.05, 3.63) is 41.0 Å². The van der Waals surface area contributed by atoms with E-state index in [9.17, 15) is 22.3 Å². The summed E-state index contributed by atoms with van der Waals surface area (Å²) in [7, 11) is -3.73. The quantitative estimate of drug-likeness (QED) is 0.391. The van der Waals surface area contributed by atoms with Crippen LogP contribution in [0.25, 0.3) is 0 Å². The summed E-state index contributed by atoms with van der Waals surface area (Å²) in [5.41, 5.74) is 0.362. The lowest BCUT2D eigenvalue weighted by Crippen LogP contribution is -2.45. The first-order valence-corrected chi connectivity index (χ1v) is 11.7. The second-order valence-corrected chi connectivity index (χ2v) is 9.58. The van der Waals surface area contributed by atoms with E-state index in [1.165, 1.54) is 29.4 Å². The summed E-state index contributed by atoms with van der Waals surface area (Å²) in [6.07, 6.45) is 0.797. The Morgan fingerprint density at radius 1 is 1.23 bits per heavy atom. The molecule has 1 unspecified atom stereocenters. The molecule has 0 bridgehead atoms. The molecule has 30 heavy (non-hydrogen) atoms. The molecule has 1 atom stereocenters. The summed E-state index contributed by atoms with van der Waals surface area (Å²) in [4.78, 5) is 8.47. The Kier molecular flexibility index (Phi) is 7.11. The third-order valence-corrected chi connectivity index (χ3v) is 6.88. The normalized spacial score (nSPS) is 15.5. The first-order valence-electron chi connectivity index (χ1n) is 9.30. The first kappa shape index (κ1) is 22.7. The maximum Gasteiger partial charge on any atom is 0.302 e. The van der Waals surface area contributed by atoms with Gasteiger partial charge < -0.3 is 10.4 Å². The number of hydrogen-bond acceptors (Lipinski definition) is 7. The van der Waals surface area contributed by atoms with Crippen LogP contribution in [-0.4, -0.2) is 53.5 Å². The lowest BCUT2D eigenvalue weighted by molar-refractivity contribution is 0.281. The molecule has 1 aliphatic heterocycles. The number of aryl methyl sites for hydroxylation is 1. The molecule has 3 rings (SSSR count). The number of aliphatic hydroxyl groups is 1. The van der Waals surface area contributed by atoms with E-state index in [2.05, 4.69) is 20.0 Å².